The zero-order chi connectivity index (χ0) is 14.8. The molecule has 20 heavy (non-hydrogen) atoms. The summed E-state index contributed by atoms with van der Waals surface area (Å²) in [4.78, 5) is 18.2. The second kappa shape index (κ2) is 6.10. The molecule has 112 valence electrons. The third-order valence-electron chi connectivity index (χ3n) is 3.30. The number of urea groups is 1. The van der Waals surface area contributed by atoms with Gasteiger partial charge >= 0.3 is 6.03 Å². The lowest BCUT2D eigenvalue weighted by Crippen LogP contribution is -2.46. The van der Waals surface area contributed by atoms with E-state index in [-0.39, 0.29) is 17.6 Å². The van der Waals surface area contributed by atoms with Crippen LogP contribution in [-0.2, 0) is 12.0 Å². The Balaban J connectivity index is 1.85. The molecule has 5 nitrogen and oxygen atoms in total. The van der Waals surface area contributed by atoms with Crippen LogP contribution in [0.15, 0.2) is 5.38 Å². The number of nitrogens with zero attached hydrogens (tertiary/aromatic N) is 2. The molecule has 1 aliphatic rings. The second-order valence-electron chi connectivity index (χ2n) is 6.29. The Morgan fingerprint density at radius 1 is 1.60 bits per heavy atom. The minimum Gasteiger partial charge on any atom is -0.391 e. The molecular weight excluding hydrogens is 274 g/mol. The van der Waals surface area contributed by atoms with E-state index in [0.717, 1.165) is 23.5 Å². The number of carbonyl (C=O) groups excluding carboxylic acids is 1. The van der Waals surface area contributed by atoms with E-state index in [1.54, 1.807) is 16.2 Å². The van der Waals surface area contributed by atoms with Crippen LogP contribution in [0, 0.1) is 0 Å². The van der Waals surface area contributed by atoms with Crippen molar-refractivity contribution in [3.8, 4) is 0 Å². The highest BCUT2D eigenvalue weighted by molar-refractivity contribution is 7.09. The summed E-state index contributed by atoms with van der Waals surface area (Å²) in [6.45, 7) is 7.97. The van der Waals surface area contributed by atoms with Crippen LogP contribution in [0.25, 0.3) is 0 Å². The molecule has 2 N–H and O–H groups in total. The number of hydrogen-bond acceptors (Lipinski definition) is 4. The van der Waals surface area contributed by atoms with Crippen molar-refractivity contribution in [2.75, 3.05) is 13.1 Å². The van der Waals surface area contributed by atoms with E-state index in [2.05, 4.69) is 31.1 Å². The zero-order valence-corrected chi connectivity index (χ0v) is 13.2. The van der Waals surface area contributed by atoms with Gasteiger partial charge < -0.3 is 15.3 Å². The Kier molecular flexibility index (Phi) is 4.65. The van der Waals surface area contributed by atoms with Crippen LogP contribution >= 0.6 is 11.3 Å². The number of aliphatic hydroxyl groups excluding tert-OH is 1. The van der Waals surface area contributed by atoms with Crippen LogP contribution in [0.4, 0.5) is 4.79 Å². The van der Waals surface area contributed by atoms with Crippen molar-refractivity contribution in [2.24, 2.45) is 0 Å². The zero-order valence-electron chi connectivity index (χ0n) is 12.3. The van der Waals surface area contributed by atoms with Gasteiger partial charge in [-0.05, 0) is 12.8 Å². The van der Waals surface area contributed by atoms with Gasteiger partial charge in [0, 0.05) is 23.9 Å². The van der Waals surface area contributed by atoms with Gasteiger partial charge in [-0.25, -0.2) is 9.78 Å². The fourth-order valence-electron chi connectivity index (χ4n) is 2.15. The monoisotopic (exact) mass is 297 g/mol. The summed E-state index contributed by atoms with van der Waals surface area (Å²) in [7, 11) is 0. The number of β-amino-alcohol motifs (C(OH)–C–C–N with tert-alkyl or cyclic N) is 1. The topological polar surface area (TPSA) is 65.5 Å². The second-order valence-corrected chi connectivity index (χ2v) is 7.15. The van der Waals surface area contributed by atoms with Gasteiger partial charge in [0.2, 0.25) is 0 Å². The highest BCUT2D eigenvalue weighted by atomic mass is 32.1. The van der Waals surface area contributed by atoms with E-state index < -0.39 is 0 Å². The maximum Gasteiger partial charge on any atom is 0.317 e. The Bertz CT molecular complexity index is 467. The first-order valence-electron chi connectivity index (χ1n) is 7.02. The Morgan fingerprint density at radius 2 is 2.35 bits per heavy atom. The lowest BCUT2D eigenvalue weighted by atomic mass is 9.98. The Hall–Kier alpha value is -1.14. The largest absolute Gasteiger partial charge is 0.391 e. The van der Waals surface area contributed by atoms with E-state index in [9.17, 15) is 9.90 Å². The SMILES string of the molecule is CC(C)(C)c1nc(CNC(=O)N2CCCC(O)C2)cs1. The molecular formula is C14H23N3O2S. The molecule has 0 spiro atoms. The van der Waals surface area contributed by atoms with E-state index in [4.69, 9.17) is 0 Å². The van der Waals surface area contributed by atoms with Crippen molar-refractivity contribution in [2.45, 2.75) is 51.7 Å². The highest BCUT2D eigenvalue weighted by Gasteiger charge is 2.22. The maximum absolute atomic E-state index is 12.0. The molecule has 1 aromatic heterocycles. The molecule has 1 fully saturated rings. The van der Waals surface area contributed by atoms with Gasteiger partial charge in [-0.15, -0.1) is 11.3 Å². The molecule has 1 atom stereocenters. The number of carbonyl (C=O) groups is 1. The molecule has 1 aliphatic heterocycles. The molecule has 0 saturated carbocycles. The number of aliphatic hydroxyl groups is 1. The minimum atomic E-state index is -0.388. The number of aromatic nitrogens is 1. The first kappa shape index (κ1) is 15.3. The Labute approximate surface area is 124 Å². The number of thiazole rings is 1. The van der Waals surface area contributed by atoms with Gasteiger partial charge in [0.15, 0.2) is 0 Å². The van der Waals surface area contributed by atoms with Crippen LogP contribution in [-0.4, -0.2) is 40.2 Å². The fraction of sp³-hybridized carbons (Fsp3) is 0.714. The number of likely N-dealkylation sites (tertiary alicyclic amines) is 1. The van der Waals surface area contributed by atoms with Crippen LogP contribution < -0.4 is 5.32 Å². The standard InChI is InChI=1S/C14H23N3O2S/c1-14(2,3)12-16-10(9-20-12)7-15-13(19)17-6-4-5-11(18)8-17/h9,11,18H,4-8H2,1-3H3,(H,15,19). The summed E-state index contributed by atoms with van der Waals surface area (Å²) < 4.78 is 0. The van der Waals surface area contributed by atoms with Gasteiger partial charge in [0.25, 0.3) is 0 Å². The van der Waals surface area contributed by atoms with Gasteiger partial charge in [-0.2, -0.15) is 0 Å². The van der Waals surface area contributed by atoms with Gasteiger partial charge in [-0.3, -0.25) is 0 Å². The van der Waals surface area contributed by atoms with Crippen molar-refractivity contribution in [1.82, 2.24) is 15.2 Å². The highest BCUT2D eigenvalue weighted by Crippen LogP contribution is 2.25. The van der Waals surface area contributed by atoms with Crippen molar-refractivity contribution in [3.63, 3.8) is 0 Å². The molecule has 0 bridgehead atoms. The smallest absolute Gasteiger partial charge is 0.317 e. The predicted octanol–water partition coefficient (Wildman–Crippen LogP) is 2.11. The number of nitrogens with one attached hydrogen (secondary N) is 1. The van der Waals surface area contributed by atoms with Crippen molar-refractivity contribution in [3.05, 3.63) is 16.1 Å². The average Bonchev–Trinajstić information content (AvgIpc) is 2.84. The summed E-state index contributed by atoms with van der Waals surface area (Å²) in [5, 5.41) is 15.5. The molecule has 0 aromatic carbocycles. The number of amides is 2. The molecule has 2 amide bonds. The van der Waals surface area contributed by atoms with Crippen molar-refractivity contribution >= 4 is 17.4 Å². The van der Waals surface area contributed by atoms with E-state index in [1.807, 2.05) is 5.38 Å². The molecule has 1 saturated heterocycles. The Morgan fingerprint density at radius 3 is 2.95 bits per heavy atom. The minimum absolute atomic E-state index is 0.0455. The summed E-state index contributed by atoms with van der Waals surface area (Å²) in [6, 6.07) is -0.117. The summed E-state index contributed by atoms with van der Waals surface area (Å²) >= 11 is 1.63. The summed E-state index contributed by atoms with van der Waals surface area (Å²) in [5.41, 5.74) is 0.940. The van der Waals surface area contributed by atoms with E-state index in [1.165, 1.54) is 0 Å². The third kappa shape index (κ3) is 3.93. The maximum atomic E-state index is 12.0. The number of rotatable bonds is 2. The van der Waals surface area contributed by atoms with Crippen LogP contribution in [0.5, 0.6) is 0 Å². The average molecular weight is 297 g/mol. The first-order chi connectivity index (χ1) is 9.36. The molecule has 1 aromatic rings. The molecule has 1 unspecified atom stereocenters. The summed E-state index contributed by atoms with van der Waals surface area (Å²) in [6.07, 6.45) is 1.26. The molecule has 6 heteroatoms. The summed E-state index contributed by atoms with van der Waals surface area (Å²) in [5.74, 6) is 0. The molecule has 0 radical (unpaired) electrons. The third-order valence-corrected chi connectivity index (χ3v) is 4.61. The lowest BCUT2D eigenvalue weighted by Gasteiger charge is -2.30. The predicted molar refractivity (Wildman–Crippen MR) is 79.9 cm³/mol. The lowest BCUT2D eigenvalue weighted by molar-refractivity contribution is 0.0841. The van der Waals surface area contributed by atoms with E-state index >= 15 is 0 Å². The van der Waals surface area contributed by atoms with Crippen molar-refractivity contribution in [1.29, 1.82) is 0 Å². The molecule has 2 heterocycles. The number of hydrogen-bond donors (Lipinski definition) is 2. The normalized spacial score (nSPS) is 20.0. The van der Waals surface area contributed by atoms with Crippen LogP contribution in [0.3, 0.4) is 0 Å². The first-order valence-corrected chi connectivity index (χ1v) is 7.90. The van der Waals surface area contributed by atoms with Crippen molar-refractivity contribution < 1.29 is 9.90 Å². The van der Waals surface area contributed by atoms with Crippen LogP contribution in [0.2, 0.25) is 0 Å². The quantitative estimate of drug-likeness (QED) is 0.878. The van der Waals surface area contributed by atoms with Gasteiger partial charge in [-0.1, -0.05) is 20.8 Å². The molecule has 2 rings (SSSR count). The van der Waals surface area contributed by atoms with E-state index in [0.29, 0.717) is 19.6 Å². The van der Waals surface area contributed by atoms with Gasteiger partial charge in [0.05, 0.1) is 23.4 Å². The van der Waals surface area contributed by atoms with Gasteiger partial charge in [0.1, 0.15) is 0 Å². The van der Waals surface area contributed by atoms with Crippen LogP contribution in [0.1, 0.15) is 44.3 Å². The fourth-order valence-corrected chi connectivity index (χ4v) is 3.06. The molecule has 0 aliphatic carbocycles. The number of piperidine rings is 1.